The first kappa shape index (κ1) is 16.2. The largest absolute Gasteiger partial charge is 0.367 e. The Morgan fingerprint density at radius 3 is 2.24 bits per heavy atom. The van der Waals surface area contributed by atoms with Gasteiger partial charge in [0.1, 0.15) is 0 Å². The van der Waals surface area contributed by atoms with E-state index in [4.69, 9.17) is 4.74 Å². The predicted molar refractivity (Wildman–Crippen MR) is 85.9 cm³/mol. The summed E-state index contributed by atoms with van der Waals surface area (Å²) >= 11 is 0. The van der Waals surface area contributed by atoms with Crippen LogP contribution in [0.1, 0.15) is 49.2 Å². The molecule has 0 amide bonds. The van der Waals surface area contributed by atoms with Crippen molar-refractivity contribution >= 4 is 5.78 Å². The number of rotatable bonds is 3. The first-order valence-electron chi connectivity index (χ1n) is 7.61. The fourth-order valence-electron chi connectivity index (χ4n) is 3.47. The Morgan fingerprint density at radius 1 is 1.14 bits per heavy atom. The van der Waals surface area contributed by atoms with E-state index in [9.17, 15) is 4.79 Å². The molecule has 1 aromatic carbocycles. The summed E-state index contributed by atoms with van der Waals surface area (Å²) in [6, 6.07) is 6.03. The van der Waals surface area contributed by atoms with Crippen LogP contribution in [-0.2, 0) is 4.74 Å². The molecule has 1 saturated heterocycles. The quantitative estimate of drug-likeness (QED) is 0.799. The van der Waals surface area contributed by atoms with Crippen molar-refractivity contribution in [2.24, 2.45) is 0 Å². The van der Waals surface area contributed by atoms with Crippen LogP contribution in [0.3, 0.4) is 0 Å². The van der Waals surface area contributed by atoms with Gasteiger partial charge in [-0.05, 0) is 47.1 Å². The maximum atomic E-state index is 12.6. The fourth-order valence-corrected chi connectivity index (χ4v) is 3.47. The summed E-state index contributed by atoms with van der Waals surface area (Å²) in [4.78, 5) is 14.8. The lowest BCUT2D eigenvalue weighted by atomic mass is 9.97. The molecule has 1 aromatic rings. The molecule has 116 valence electrons. The van der Waals surface area contributed by atoms with Gasteiger partial charge in [-0.2, -0.15) is 0 Å². The molecule has 0 aliphatic carbocycles. The molecule has 1 heterocycles. The summed E-state index contributed by atoms with van der Waals surface area (Å²) < 4.78 is 6.07. The van der Waals surface area contributed by atoms with E-state index in [1.807, 2.05) is 26.0 Å². The number of hydrogen-bond donors (Lipinski definition) is 0. The van der Waals surface area contributed by atoms with Gasteiger partial charge in [-0.3, -0.25) is 9.69 Å². The average Bonchev–Trinajstić information content (AvgIpc) is 2.23. The van der Waals surface area contributed by atoms with Gasteiger partial charge >= 0.3 is 0 Å². The Kier molecular flexibility index (Phi) is 4.27. The van der Waals surface area contributed by atoms with Crippen LogP contribution in [0.2, 0.25) is 0 Å². The maximum Gasteiger partial charge on any atom is 0.177 e. The molecule has 0 unspecified atom stereocenters. The van der Waals surface area contributed by atoms with Gasteiger partial charge in [-0.25, -0.2) is 0 Å². The van der Waals surface area contributed by atoms with Crippen molar-refractivity contribution in [2.45, 2.75) is 52.7 Å². The topological polar surface area (TPSA) is 29.5 Å². The zero-order valence-corrected chi connectivity index (χ0v) is 14.1. The van der Waals surface area contributed by atoms with Gasteiger partial charge in [-0.1, -0.05) is 23.8 Å². The molecule has 21 heavy (non-hydrogen) atoms. The Labute approximate surface area is 128 Å². The number of carbonyl (C=O) groups is 1. The number of nitrogens with zero attached hydrogens (tertiary/aromatic N) is 1. The first-order valence-corrected chi connectivity index (χ1v) is 7.61. The molecule has 3 heteroatoms. The lowest BCUT2D eigenvalue weighted by Gasteiger charge is -2.47. The second kappa shape index (κ2) is 5.54. The van der Waals surface area contributed by atoms with E-state index in [0.29, 0.717) is 6.54 Å². The van der Waals surface area contributed by atoms with E-state index < -0.39 is 0 Å². The first-order chi connectivity index (χ1) is 9.58. The van der Waals surface area contributed by atoms with Crippen LogP contribution in [0.15, 0.2) is 18.2 Å². The van der Waals surface area contributed by atoms with E-state index in [0.717, 1.165) is 24.2 Å². The van der Waals surface area contributed by atoms with Crippen molar-refractivity contribution in [1.29, 1.82) is 0 Å². The SMILES string of the molecule is Cc1ccc(C(=O)CN2CC(C)(C)OC(C)(C)C2)c(C)c1. The van der Waals surface area contributed by atoms with E-state index >= 15 is 0 Å². The minimum atomic E-state index is -0.218. The van der Waals surface area contributed by atoms with Crippen LogP contribution in [0, 0.1) is 13.8 Å². The summed E-state index contributed by atoms with van der Waals surface area (Å²) in [6.45, 7) is 14.4. The predicted octanol–water partition coefficient (Wildman–Crippen LogP) is 3.38. The zero-order chi connectivity index (χ0) is 15.8. The van der Waals surface area contributed by atoms with E-state index in [-0.39, 0.29) is 17.0 Å². The molecule has 1 fully saturated rings. The number of hydrogen-bond acceptors (Lipinski definition) is 3. The Bertz CT molecular complexity index is 530. The van der Waals surface area contributed by atoms with Gasteiger partial charge < -0.3 is 4.74 Å². The Morgan fingerprint density at radius 2 is 1.71 bits per heavy atom. The third kappa shape index (κ3) is 4.14. The van der Waals surface area contributed by atoms with E-state index in [1.165, 1.54) is 5.56 Å². The highest BCUT2D eigenvalue weighted by Crippen LogP contribution is 2.28. The second-order valence-electron chi connectivity index (χ2n) is 7.51. The number of aryl methyl sites for hydroxylation is 2. The molecule has 0 saturated carbocycles. The number of ketones is 1. The molecule has 0 atom stereocenters. The summed E-state index contributed by atoms with van der Waals surface area (Å²) in [6.07, 6.45) is 0. The van der Waals surface area contributed by atoms with Crippen LogP contribution >= 0.6 is 0 Å². The van der Waals surface area contributed by atoms with Crippen molar-refractivity contribution in [3.05, 3.63) is 34.9 Å². The van der Waals surface area contributed by atoms with Crippen molar-refractivity contribution in [3.63, 3.8) is 0 Å². The molecule has 3 nitrogen and oxygen atoms in total. The summed E-state index contributed by atoms with van der Waals surface area (Å²) in [5.41, 5.74) is 2.65. The summed E-state index contributed by atoms with van der Waals surface area (Å²) in [5, 5.41) is 0. The number of Topliss-reactive ketones (excluding diaryl/α,β-unsaturated/α-hetero) is 1. The molecule has 1 aliphatic rings. The number of carbonyl (C=O) groups excluding carboxylic acids is 1. The van der Waals surface area contributed by atoms with Gasteiger partial charge in [-0.15, -0.1) is 0 Å². The van der Waals surface area contributed by atoms with Gasteiger partial charge in [0.25, 0.3) is 0 Å². The van der Waals surface area contributed by atoms with Crippen LogP contribution in [0.5, 0.6) is 0 Å². The smallest absolute Gasteiger partial charge is 0.177 e. The Hall–Kier alpha value is -1.19. The van der Waals surface area contributed by atoms with Gasteiger partial charge in [0.2, 0.25) is 0 Å². The van der Waals surface area contributed by atoms with Crippen molar-refractivity contribution in [3.8, 4) is 0 Å². The number of morpholine rings is 1. The Balaban J connectivity index is 2.12. The molecule has 0 N–H and O–H groups in total. The molecule has 0 bridgehead atoms. The number of benzene rings is 1. The van der Waals surface area contributed by atoms with Crippen LogP contribution in [0.4, 0.5) is 0 Å². The van der Waals surface area contributed by atoms with Crippen LogP contribution in [0.25, 0.3) is 0 Å². The maximum absolute atomic E-state index is 12.6. The molecule has 0 spiro atoms. The van der Waals surface area contributed by atoms with Crippen molar-refractivity contribution in [2.75, 3.05) is 19.6 Å². The second-order valence-corrected chi connectivity index (χ2v) is 7.51. The fraction of sp³-hybridized carbons (Fsp3) is 0.611. The molecular weight excluding hydrogens is 262 g/mol. The van der Waals surface area contributed by atoms with Crippen LogP contribution in [-0.4, -0.2) is 41.5 Å². The molecule has 1 aliphatic heterocycles. The highest BCUT2D eigenvalue weighted by Gasteiger charge is 2.38. The van der Waals surface area contributed by atoms with Crippen LogP contribution < -0.4 is 0 Å². The van der Waals surface area contributed by atoms with Crippen molar-refractivity contribution in [1.82, 2.24) is 4.90 Å². The standard InChI is InChI=1S/C18H27NO2/c1-13-7-8-15(14(2)9-13)16(20)10-19-11-17(3,4)21-18(5,6)12-19/h7-9H,10-12H2,1-6H3. The highest BCUT2D eigenvalue weighted by molar-refractivity contribution is 5.99. The van der Waals surface area contributed by atoms with Gasteiger partial charge in [0, 0.05) is 18.7 Å². The third-order valence-electron chi connectivity index (χ3n) is 3.81. The lowest BCUT2D eigenvalue weighted by Crippen LogP contribution is -2.58. The molecule has 0 aromatic heterocycles. The minimum Gasteiger partial charge on any atom is -0.367 e. The monoisotopic (exact) mass is 289 g/mol. The zero-order valence-electron chi connectivity index (χ0n) is 14.1. The molecule has 2 rings (SSSR count). The molecular formula is C18H27NO2. The summed E-state index contributed by atoms with van der Waals surface area (Å²) in [5.74, 6) is 0.195. The lowest BCUT2D eigenvalue weighted by molar-refractivity contribution is -0.178. The highest BCUT2D eigenvalue weighted by atomic mass is 16.5. The number of ether oxygens (including phenoxy) is 1. The molecule has 0 radical (unpaired) electrons. The summed E-state index contributed by atoms with van der Waals surface area (Å²) in [7, 11) is 0. The van der Waals surface area contributed by atoms with Crippen molar-refractivity contribution < 1.29 is 9.53 Å². The van der Waals surface area contributed by atoms with E-state index in [2.05, 4.69) is 38.7 Å². The van der Waals surface area contributed by atoms with Gasteiger partial charge in [0.15, 0.2) is 5.78 Å². The average molecular weight is 289 g/mol. The normalized spacial score (nSPS) is 21.2. The third-order valence-corrected chi connectivity index (χ3v) is 3.81. The minimum absolute atomic E-state index is 0.195. The van der Waals surface area contributed by atoms with Gasteiger partial charge in [0.05, 0.1) is 17.7 Å². The van der Waals surface area contributed by atoms with E-state index in [1.54, 1.807) is 0 Å².